The van der Waals surface area contributed by atoms with E-state index in [-0.39, 0.29) is 5.82 Å². The third-order valence-corrected chi connectivity index (χ3v) is 5.69. The number of hydrogen-bond donors (Lipinski definition) is 2. The summed E-state index contributed by atoms with van der Waals surface area (Å²) in [6, 6.07) is 18.8. The van der Waals surface area contributed by atoms with Gasteiger partial charge >= 0.3 is 0 Å². The number of rotatable bonds is 4. The summed E-state index contributed by atoms with van der Waals surface area (Å²) in [4.78, 5) is 9.39. The quantitative estimate of drug-likeness (QED) is 0.526. The molecule has 2 N–H and O–H groups in total. The number of aromatic nitrogens is 2. The summed E-state index contributed by atoms with van der Waals surface area (Å²) in [5.74, 6) is 0.192. The number of anilines is 1. The maximum atomic E-state index is 12.3. The second kappa shape index (κ2) is 6.37. The van der Waals surface area contributed by atoms with Crippen LogP contribution in [-0.2, 0) is 10.1 Å². The van der Waals surface area contributed by atoms with Crippen LogP contribution >= 0.6 is 0 Å². The van der Waals surface area contributed by atoms with Crippen molar-refractivity contribution in [1.29, 1.82) is 0 Å². The number of aromatic amines is 1. The van der Waals surface area contributed by atoms with Gasteiger partial charge in [0, 0.05) is 25.3 Å². The minimum atomic E-state index is -4.44. The van der Waals surface area contributed by atoms with E-state index in [4.69, 9.17) is 0 Å². The van der Waals surface area contributed by atoms with E-state index in [0.29, 0.717) is 16.8 Å². The molecule has 6 nitrogen and oxygen atoms in total. The zero-order chi connectivity index (χ0) is 19.2. The van der Waals surface area contributed by atoms with Gasteiger partial charge in [0.15, 0.2) is 5.25 Å². The molecule has 1 heterocycles. The van der Waals surface area contributed by atoms with Crippen molar-refractivity contribution >= 4 is 37.6 Å². The van der Waals surface area contributed by atoms with E-state index in [2.05, 4.69) is 9.97 Å². The Kier molecular flexibility index (Phi) is 4.13. The van der Waals surface area contributed by atoms with Crippen molar-refractivity contribution < 1.29 is 13.0 Å². The summed E-state index contributed by atoms with van der Waals surface area (Å²) in [6.45, 7) is 0. The fourth-order valence-electron chi connectivity index (χ4n) is 3.41. The topological polar surface area (TPSA) is 86.3 Å². The molecule has 0 spiro atoms. The molecule has 27 heavy (non-hydrogen) atoms. The van der Waals surface area contributed by atoms with E-state index in [1.807, 2.05) is 67.5 Å². The highest BCUT2D eigenvalue weighted by atomic mass is 32.2. The van der Waals surface area contributed by atoms with Crippen molar-refractivity contribution in [3.63, 3.8) is 0 Å². The molecule has 0 radical (unpaired) electrons. The Balaban J connectivity index is 1.95. The van der Waals surface area contributed by atoms with Crippen LogP contribution in [0.15, 0.2) is 60.7 Å². The van der Waals surface area contributed by atoms with Gasteiger partial charge in [-0.15, -0.1) is 0 Å². The summed E-state index contributed by atoms with van der Waals surface area (Å²) >= 11 is 0. The SMILES string of the molecule is CN(C)c1ccccc1C(c1nc2cc3ccccc3cc2[nH]1)S(=O)(=O)O. The van der Waals surface area contributed by atoms with E-state index < -0.39 is 15.4 Å². The van der Waals surface area contributed by atoms with Crippen LogP contribution in [0.25, 0.3) is 21.8 Å². The summed E-state index contributed by atoms with van der Waals surface area (Å²) in [5.41, 5.74) is 2.54. The van der Waals surface area contributed by atoms with Gasteiger partial charge in [-0.1, -0.05) is 42.5 Å². The van der Waals surface area contributed by atoms with Gasteiger partial charge in [0.2, 0.25) is 0 Å². The summed E-state index contributed by atoms with van der Waals surface area (Å²) in [7, 11) is -0.793. The van der Waals surface area contributed by atoms with Gasteiger partial charge in [0.05, 0.1) is 11.0 Å². The highest BCUT2D eigenvalue weighted by molar-refractivity contribution is 7.86. The van der Waals surface area contributed by atoms with E-state index in [1.165, 1.54) is 0 Å². The monoisotopic (exact) mass is 381 g/mol. The molecule has 138 valence electrons. The molecule has 0 aliphatic rings. The molecule has 4 rings (SSSR count). The molecule has 4 aromatic rings. The van der Waals surface area contributed by atoms with Gasteiger partial charge in [0.25, 0.3) is 10.1 Å². The second-order valence-corrected chi connectivity index (χ2v) is 8.19. The number of fused-ring (bicyclic) bond motifs is 2. The summed E-state index contributed by atoms with van der Waals surface area (Å²) in [6.07, 6.45) is 0. The van der Waals surface area contributed by atoms with Crippen molar-refractivity contribution in [1.82, 2.24) is 9.97 Å². The Morgan fingerprint density at radius 2 is 1.63 bits per heavy atom. The van der Waals surface area contributed by atoms with Crippen LogP contribution < -0.4 is 4.90 Å². The Bertz CT molecular complexity index is 1190. The number of hydrogen-bond acceptors (Lipinski definition) is 4. The number of H-pyrrole nitrogens is 1. The standard InChI is InChI=1S/C20H19N3O3S/c1-23(2)18-10-6-5-9-15(18)19(27(24,25)26)20-21-16-11-13-7-3-4-8-14(13)12-17(16)22-20/h3-12,19H,1-2H3,(H,21,22)(H,24,25,26). The summed E-state index contributed by atoms with van der Waals surface area (Å²) < 4.78 is 34.6. The lowest BCUT2D eigenvalue weighted by molar-refractivity contribution is 0.473. The van der Waals surface area contributed by atoms with E-state index >= 15 is 0 Å². The van der Waals surface area contributed by atoms with Crippen LogP contribution in [0.1, 0.15) is 16.6 Å². The zero-order valence-electron chi connectivity index (χ0n) is 14.9. The molecule has 0 aliphatic heterocycles. The van der Waals surface area contributed by atoms with Crippen molar-refractivity contribution in [2.45, 2.75) is 5.25 Å². The van der Waals surface area contributed by atoms with E-state index in [9.17, 15) is 13.0 Å². The fourth-order valence-corrected chi connectivity index (χ4v) is 4.32. The first-order valence-electron chi connectivity index (χ1n) is 8.45. The highest BCUT2D eigenvalue weighted by Gasteiger charge is 2.32. The van der Waals surface area contributed by atoms with Gasteiger partial charge in [-0.2, -0.15) is 8.42 Å². The Morgan fingerprint density at radius 1 is 1.00 bits per heavy atom. The predicted octanol–water partition coefficient (Wildman–Crippen LogP) is 3.76. The maximum Gasteiger partial charge on any atom is 0.279 e. The third kappa shape index (κ3) is 3.15. The highest BCUT2D eigenvalue weighted by Crippen LogP contribution is 2.35. The van der Waals surface area contributed by atoms with Crippen molar-refractivity contribution in [2.24, 2.45) is 0 Å². The molecule has 0 fully saturated rings. The minimum absolute atomic E-state index is 0.192. The molecule has 1 aromatic heterocycles. The average molecular weight is 381 g/mol. The van der Waals surface area contributed by atoms with Crippen molar-refractivity contribution in [3.05, 3.63) is 72.1 Å². The van der Waals surface area contributed by atoms with Gasteiger partial charge < -0.3 is 9.88 Å². The van der Waals surface area contributed by atoms with Gasteiger partial charge in [-0.25, -0.2) is 4.98 Å². The minimum Gasteiger partial charge on any atom is -0.377 e. The largest absolute Gasteiger partial charge is 0.377 e. The molecule has 3 aromatic carbocycles. The molecule has 7 heteroatoms. The van der Waals surface area contributed by atoms with Gasteiger partial charge in [-0.05, 0) is 29.0 Å². The average Bonchev–Trinajstić information content (AvgIpc) is 3.00. The fraction of sp³-hybridized carbons (Fsp3) is 0.150. The molecule has 0 aliphatic carbocycles. The Morgan fingerprint density at radius 3 is 2.30 bits per heavy atom. The molecule has 0 saturated carbocycles. The first kappa shape index (κ1) is 17.5. The van der Waals surface area contributed by atoms with Crippen LogP contribution in [0.3, 0.4) is 0 Å². The van der Waals surface area contributed by atoms with Crippen LogP contribution in [0.5, 0.6) is 0 Å². The first-order chi connectivity index (χ1) is 12.8. The van der Waals surface area contributed by atoms with Gasteiger partial charge in [-0.3, -0.25) is 4.55 Å². The molecule has 1 unspecified atom stereocenters. The lowest BCUT2D eigenvalue weighted by Gasteiger charge is -2.21. The number of nitrogens with zero attached hydrogens (tertiary/aromatic N) is 2. The number of imidazole rings is 1. The van der Waals surface area contributed by atoms with E-state index in [1.54, 1.807) is 12.1 Å². The second-order valence-electron chi connectivity index (χ2n) is 6.69. The lowest BCUT2D eigenvalue weighted by atomic mass is 10.1. The smallest absolute Gasteiger partial charge is 0.279 e. The zero-order valence-corrected chi connectivity index (χ0v) is 15.7. The van der Waals surface area contributed by atoms with E-state index in [0.717, 1.165) is 16.3 Å². The van der Waals surface area contributed by atoms with Crippen LogP contribution in [-0.4, -0.2) is 37.0 Å². The lowest BCUT2D eigenvalue weighted by Crippen LogP contribution is -2.19. The maximum absolute atomic E-state index is 12.3. The van der Waals surface area contributed by atoms with Crippen LogP contribution in [0.4, 0.5) is 5.69 Å². The number of para-hydroxylation sites is 1. The Labute approximate surface area is 157 Å². The molecule has 0 saturated heterocycles. The number of benzene rings is 3. The van der Waals surface area contributed by atoms with Gasteiger partial charge in [0.1, 0.15) is 5.82 Å². The molecule has 1 atom stereocenters. The van der Waals surface area contributed by atoms with Crippen molar-refractivity contribution in [3.8, 4) is 0 Å². The summed E-state index contributed by atoms with van der Waals surface area (Å²) in [5, 5.41) is 0.740. The molecule has 0 bridgehead atoms. The number of nitrogens with one attached hydrogen (secondary N) is 1. The van der Waals surface area contributed by atoms with Crippen LogP contribution in [0, 0.1) is 0 Å². The molecular weight excluding hydrogens is 362 g/mol. The normalized spacial score (nSPS) is 13.1. The third-order valence-electron chi connectivity index (χ3n) is 4.61. The predicted molar refractivity (Wildman–Crippen MR) is 108 cm³/mol. The molecular formula is C20H19N3O3S. The Hall–Kier alpha value is -2.90. The first-order valence-corrected chi connectivity index (χ1v) is 9.96. The van der Waals surface area contributed by atoms with Crippen molar-refractivity contribution in [2.75, 3.05) is 19.0 Å². The molecule has 0 amide bonds. The van der Waals surface area contributed by atoms with Crippen LogP contribution in [0.2, 0.25) is 0 Å².